The number of ether oxygens (including phenoxy) is 1. The average molecular weight is 453 g/mol. The van der Waals surface area contributed by atoms with Gasteiger partial charge in [-0.15, -0.1) is 0 Å². The fraction of sp³-hybridized carbons (Fsp3) is 0.125. The zero-order chi connectivity index (χ0) is 21.8. The molecule has 0 unspecified atom stereocenters. The molecule has 5 nitrogen and oxygen atoms in total. The Kier molecular flexibility index (Phi) is 6.35. The number of hydrogen-bond acceptors (Lipinski definition) is 4. The van der Waals surface area contributed by atoms with Crippen molar-refractivity contribution in [1.82, 2.24) is 9.97 Å². The van der Waals surface area contributed by atoms with E-state index in [1.54, 1.807) is 30.3 Å². The predicted octanol–water partition coefficient (Wildman–Crippen LogP) is 5.68. The van der Waals surface area contributed by atoms with E-state index in [-0.39, 0.29) is 12.2 Å². The minimum atomic E-state index is 0.00543. The first-order valence-electron chi connectivity index (χ1n) is 9.65. The van der Waals surface area contributed by atoms with Gasteiger partial charge in [-0.05, 0) is 41.5 Å². The number of ketones is 1. The number of H-pyrrole nitrogens is 1. The van der Waals surface area contributed by atoms with Gasteiger partial charge in [0, 0.05) is 18.4 Å². The Morgan fingerprint density at radius 3 is 2.42 bits per heavy atom. The molecule has 4 rings (SSSR count). The van der Waals surface area contributed by atoms with Crippen LogP contribution in [0, 0.1) is 0 Å². The van der Waals surface area contributed by atoms with Crippen LogP contribution in [0.3, 0.4) is 0 Å². The molecule has 0 saturated heterocycles. The molecule has 0 saturated carbocycles. The lowest BCUT2D eigenvalue weighted by Crippen LogP contribution is -2.04. The van der Waals surface area contributed by atoms with Gasteiger partial charge in [-0.2, -0.15) is 0 Å². The van der Waals surface area contributed by atoms with Crippen molar-refractivity contribution >= 4 is 46.5 Å². The van der Waals surface area contributed by atoms with E-state index in [0.29, 0.717) is 46.5 Å². The standard InChI is InChI=1S/C24H18Cl2N2O3/c25-18-2-1-3-19(26)23(18)24-27-20-9-8-17(13-21(20)28-24)22(30)12-16-6-4-15(5-7-16)10-11-31-14-29/h1-9,13-14H,10-12H2,(H,27,28). The van der Waals surface area contributed by atoms with Crippen LogP contribution in [-0.4, -0.2) is 28.8 Å². The van der Waals surface area contributed by atoms with E-state index in [1.807, 2.05) is 30.3 Å². The number of halogens is 2. The topological polar surface area (TPSA) is 72.1 Å². The van der Waals surface area contributed by atoms with Crippen LogP contribution in [0.25, 0.3) is 22.4 Å². The maximum atomic E-state index is 12.8. The van der Waals surface area contributed by atoms with Crippen LogP contribution in [0.15, 0.2) is 60.7 Å². The molecule has 0 radical (unpaired) electrons. The second-order valence-corrected chi connectivity index (χ2v) is 7.86. The highest BCUT2D eigenvalue weighted by Gasteiger charge is 2.14. The smallest absolute Gasteiger partial charge is 0.293 e. The largest absolute Gasteiger partial charge is 0.468 e. The minimum Gasteiger partial charge on any atom is -0.468 e. The fourth-order valence-corrected chi connectivity index (χ4v) is 3.94. The summed E-state index contributed by atoms with van der Waals surface area (Å²) in [5.74, 6) is 0.565. The van der Waals surface area contributed by atoms with Crippen molar-refractivity contribution in [2.75, 3.05) is 6.61 Å². The Labute approximate surface area is 189 Å². The van der Waals surface area contributed by atoms with E-state index in [1.165, 1.54) is 0 Å². The lowest BCUT2D eigenvalue weighted by atomic mass is 10.0. The quantitative estimate of drug-likeness (QED) is 0.212. The van der Waals surface area contributed by atoms with Gasteiger partial charge in [0.05, 0.1) is 33.2 Å². The van der Waals surface area contributed by atoms with Crippen molar-refractivity contribution in [3.8, 4) is 11.4 Å². The molecule has 0 amide bonds. The highest BCUT2D eigenvalue weighted by atomic mass is 35.5. The summed E-state index contributed by atoms with van der Waals surface area (Å²) in [4.78, 5) is 30.8. The Hall–Kier alpha value is -3.15. The van der Waals surface area contributed by atoms with Gasteiger partial charge in [0.15, 0.2) is 5.78 Å². The summed E-state index contributed by atoms with van der Waals surface area (Å²) in [5, 5.41) is 1.01. The number of nitrogens with zero attached hydrogens (tertiary/aromatic N) is 1. The predicted molar refractivity (Wildman–Crippen MR) is 122 cm³/mol. The van der Waals surface area contributed by atoms with Crippen molar-refractivity contribution < 1.29 is 14.3 Å². The van der Waals surface area contributed by atoms with Gasteiger partial charge >= 0.3 is 0 Å². The minimum absolute atomic E-state index is 0.00543. The molecule has 7 heteroatoms. The van der Waals surface area contributed by atoms with Crippen molar-refractivity contribution in [3.63, 3.8) is 0 Å². The molecule has 0 aliphatic carbocycles. The van der Waals surface area contributed by atoms with E-state index in [0.717, 1.165) is 22.2 Å². The van der Waals surface area contributed by atoms with Crippen molar-refractivity contribution in [1.29, 1.82) is 0 Å². The summed E-state index contributed by atoms with van der Waals surface area (Å²) >= 11 is 12.6. The number of rotatable bonds is 8. The van der Waals surface area contributed by atoms with Gasteiger partial charge < -0.3 is 9.72 Å². The number of carbonyl (C=O) groups excluding carboxylic acids is 2. The molecular formula is C24H18Cl2N2O3. The number of hydrogen-bond donors (Lipinski definition) is 1. The van der Waals surface area contributed by atoms with E-state index < -0.39 is 0 Å². The molecule has 0 fully saturated rings. The normalized spacial score (nSPS) is 10.9. The third-order valence-electron chi connectivity index (χ3n) is 4.97. The molecule has 0 atom stereocenters. The monoisotopic (exact) mass is 452 g/mol. The first-order valence-corrected chi connectivity index (χ1v) is 10.4. The lowest BCUT2D eigenvalue weighted by molar-refractivity contribution is -0.128. The van der Waals surface area contributed by atoms with E-state index in [4.69, 9.17) is 27.9 Å². The Balaban J connectivity index is 1.52. The molecule has 0 spiro atoms. The van der Waals surface area contributed by atoms with Crippen LogP contribution in [-0.2, 0) is 22.4 Å². The van der Waals surface area contributed by atoms with Gasteiger partial charge in [-0.1, -0.05) is 53.5 Å². The second-order valence-electron chi connectivity index (χ2n) is 7.05. The van der Waals surface area contributed by atoms with E-state index in [9.17, 15) is 9.59 Å². The number of Topliss-reactive ketones (excluding diaryl/α,β-unsaturated/α-hetero) is 1. The fourth-order valence-electron chi connectivity index (χ4n) is 3.36. The van der Waals surface area contributed by atoms with Gasteiger partial charge in [0.1, 0.15) is 5.82 Å². The Morgan fingerprint density at radius 1 is 1.00 bits per heavy atom. The number of benzene rings is 3. The maximum absolute atomic E-state index is 12.8. The zero-order valence-corrected chi connectivity index (χ0v) is 17.9. The van der Waals surface area contributed by atoms with Crippen LogP contribution < -0.4 is 0 Å². The second kappa shape index (κ2) is 9.33. The van der Waals surface area contributed by atoms with Crippen molar-refractivity contribution in [3.05, 3.63) is 87.4 Å². The molecule has 31 heavy (non-hydrogen) atoms. The number of fused-ring (bicyclic) bond motifs is 1. The molecule has 0 bridgehead atoms. The summed E-state index contributed by atoms with van der Waals surface area (Å²) in [5.41, 5.74) is 4.65. The summed E-state index contributed by atoms with van der Waals surface area (Å²) in [6.07, 6.45) is 0.926. The van der Waals surface area contributed by atoms with Crippen LogP contribution in [0.4, 0.5) is 0 Å². The molecule has 4 aromatic rings. The van der Waals surface area contributed by atoms with Gasteiger partial charge in [-0.25, -0.2) is 4.98 Å². The van der Waals surface area contributed by atoms with Gasteiger partial charge in [0.25, 0.3) is 6.47 Å². The number of carbonyl (C=O) groups is 2. The summed E-state index contributed by atoms with van der Waals surface area (Å²) < 4.78 is 4.71. The van der Waals surface area contributed by atoms with Gasteiger partial charge in [-0.3, -0.25) is 9.59 Å². The SMILES string of the molecule is O=COCCc1ccc(CC(=O)c2ccc3nc(-c4c(Cl)cccc4Cl)[nH]c3c2)cc1. The summed E-state index contributed by atoms with van der Waals surface area (Å²) in [6.45, 7) is 0.781. The highest BCUT2D eigenvalue weighted by Crippen LogP contribution is 2.34. The molecular weight excluding hydrogens is 435 g/mol. The number of imidazole rings is 1. The Bertz CT molecular complexity index is 1230. The highest BCUT2D eigenvalue weighted by molar-refractivity contribution is 6.39. The third kappa shape index (κ3) is 4.79. The number of aromatic amines is 1. The molecule has 1 heterocycles. The maximum Gasteiger partial charge on any atom is 0.293 e. The molecule has 0 aliphatic heterocycles. The van der Waals surface area contributed by atoms with Crippen LogP contribution in [0.5, 0.6) is 0 Å². The molecule has 1 aromatic heterocycles. The van der Waals surface area contributed by atoms with E-state index >= 15 is 0 Å². The summed E-state index contributed by atoms with van der Waals surface area (Å²) in [6, 6.07) is 18.4. The van der Waals surface area contributed by atoms with Gasteiger partial charge in [0.2, 0.25) is 0 Å². The average Bonchev–Trinajstić information content (AvgIpc) is 3.17. The first kappa shape index (κ1) is 21.1. The molecule has 3 aromatic carbocycles. The summed E-state index contributed by atoms with van der Waals surface area (Å²) in [7, 11) is 0. The number of aromatic nitrogens is 2. The number of nitrogens with one attached hydrogen (secondary N) is 1. The van der Waals surface area contributed by atoms with Crippen LogP contribution in [0.2, 0.25) is 10.0 Å². The lowest BCUT2D eigenvalue weighted by Gasteiger charge is -2.04. The van der Waals surface area contributed by atoms with Crippen molar-refractivity contribution in [2.24, 2.45) is 0 Å². The zero-order valence-electron chi connectivity index (χ0n) is 16.4. The van der Waals surface area contributed by atoms with Crippen LogP contribution >= 0.6 is 23.2 Å². The van der Waals surface area contributed by atoms with Crippen molar-refractivity contribution in [2.45, 2.75) is 12.8 Å². The molecule has 156 valence electrons. The molecule has 0 aliphatic rings. The molecule has 1 N–H and O–H groups in total. The van der Waals surface area contributed by atoms with E-state index in [2.05, 4.69) is 9.97 Å². The van der Waals surface area contributed by atoms with Crippen LogP contribution in [0.1, 0.15) is 21.5 Å². The first-order chi connectivity index (χ1) is 15.0. The Morgan fingerprint density at radius 2 is 1.71 bits per heavy atom. The third-order valence-corrected chi connectivity index (χ3v) is 5.60.